The fraction of sp³-hybridized carbons (Fsp3) is 0.889. The summed E-state index contributed by atoms with van der Waals surface area (Å²) in [6, 6.07) is 0. The van der Waals surface area contributed by atoms with Crippen molar-refractivity contribution in [2.45, 2.75) is 12.5 Å². The molecule has 0 radical (unpaired) electrons. The summed E-state index contributed by atoms with van der Waals surface area (Å²) in [4.78, 5) is 15.4. The molecule has 0 spiro atoms. The number of likely N-dealkylation sites (N-methyl/N-ethyl adjacent to an activating group) is 2. The van der Waals surface area contributed by atoms with Crippen LogP contribution in [0.5, 0.6) is 0 Å². The molecule has 0 fully saturated rings. The molecule has 0 saturated heterocycles. The first-order valence-corrected chi connectivity index (χ1v) is 4.25. The van der Waals surface area contributed by atoms with Crippen LogP contribution in [0, 0.1) is 0 Å². The van der Waals surface area contributed by atoms with E-state index in [0.717, 1.165) is 0 Å². The van der Waals surface area contributed by atoms with Gasteiger partial charge in [0, 0.05) is 6.54 Å². The second-order valence-electron chi connectivity index (χ2n) is 3.90. The van der Waals surface area contributed by atoms with Gasteiger partial charge in [-0.15, -0.1) is 0 Å². The summed E-state index contributed by atoms with van der Waals surface area (Å²) in [5.74, 6) is -0.203. The summed E-state index contributed by atoms with van der Waals surface area (Å²) in [6.45, 7) is 2.52. The molecule has 0 aromatic rings. The lowest BCUT2D eigenvalue weighted by atomic mass is 10.0. The van der Waals surface area contributed by atoms with Crippen LogP contribution in [0.3, 0.4) is 0 Å². The molecule has 0 rings (SSSR count). The third-order valence-electron chi connectivity index (χ3n) is 2.24. The van der Waals surface area contributed by atoms with Gasteiger partial charge in [-0.05, 0) is 35.1 Å². The lowest BCUT2D eigenvalue weighted by Crippen LogP contribution is -2.55. The first-order chi connectivity index (χ1) is 5.84. The Morgan fingerprint density at radius 2 is 1.77 bits per heavy atom. The van der Waals surface area contributed by atoms with Crippen molar-refractivity contribution in [2.75, 3.05) is 41.8 Å². The fourth-order valence-corrected chi connectivity index (χ4v) is 1.22. The molecular weight excluding hydrogens is 168 g/mol. The summed E-state index contributed by atoms with van der Waals surface area (Å²) >= 11 is 0. The fourth-order valence-electron chi connectivity index (χ4n) is 1.22. The zero-order valence-electron chi connectivity index (χ0n) is 9.42. The third-order valence-corrected chi connectivity index (χ3v) is 2.24. The maximum Gasteiger partial charge on any atom is 0.327 e. The number of esters is 1. The van der Waals surface area contributed by atoms with Crippen molar-refractivity contribution in [3.05, 3.63) is 0 Å². The number of rotatable bonds is 4. The highest BCUT2D eigenvalue weighted by Gasteiger charge is 2.37. The summed E-state index contributed by atoms with van der Waals surface area (Å²) in [6.07, 6.45) is 0. The Balaban J connectivity index is 4.62. The van der Waals surface area contributed by atoms with Crippen LogP contribution in [0.15, 0.2) is 0 Å². The minimum atomic E-state index is -0.571. The molecule has 0 N–H and O–H groups in total. The lowest BCUT2D eigenvalue weighted by molar-refractivity contribution is -0.153. The second-order valence-corrected chi connectivity index (χ2v) is 3.90. The number of carbonyl (C=O) groups excluding carboxylic acids is 1. The molecule has 4 nitrogen and oxygen atoms in total. The largest absolute Gasteiger partial charge is 0.468 e. The molecule has 0 aromatic carbocycles. The number of nitrogens with zero attached hydrogens (tertiary/aromatic N) is 2. The van der Waals surface area contributed by atoms with Gasteiger partial charge in [0.15, 0.2) is 0 Å². The molecule has 78 valence electrons. The Bertz CT molecular complexity index is 180. The van der Waals surface area contributed by atoms with E-state index in [1.807, 2.05) is 44.9 Å². The predicted molar refractivity (Wildman–Crippen MR) is 52.7 cm³/mol. The zero-order valence-corrected chi connectivity index (χ0v) is 9.42. The normalized spacial score (nSPS) is 16.0. The van der Waals surface area contributed by atoms with Gasteiger partial charge >= 0.3 is 5.97 Å². The smallest absolute Gasteiger partial charge is 0.327 e. The molecule has 0 heterocycles. The van der Waals surface area contributed by atoms with Crippen molar-refractivity contribution >= 4 is 5.97 Å². The zero-order chi connectivity index (χ0) is 10.6. The quantitative estimate of drug-likeness (QED) is 0.583. The maximum absolute atomic E-state index is 11.5. The van der Waals surface area contributed by atoms with E-state index in [0.29, 0.717) is 6.54 Å². The highest BCUT2D eigenvalue weighted by Crippen LogP contribution is 2.14. The van der Waals surface area contributed by atoms with Crippen molar-refractivity contribution in [1.29, 1.82) is 0 Å². The molecule has 0 saturated carbocycles. The second kappa shape index (κ2) is 4.58. The molecular formula is C9H20N2O2. The van der Waals surface area contributed by atoms with E-state index in [2.05, 4.69) is 0 Å². The van der Waals surface area contributed by atoms with E-state index >= 15 is 0 Å². The highest BCUT2D eigenvalue weighted by molar-refractivity contribution is 5.80. The summed E-state index contributed by atoms with van der Waals surface area (Å²) in [7, 11) is 9.04. The number of hydrogen-bond acceptors (Lipinski definition) is 4. The van der Waals surface area contributed by atoms with Gasteiger partial charge in [0.2, 0.25) is 0 Å². The van der Waals surface area contributed by atoms with Gasteiger partial charge in [0.25, 0.3) is 0 Å². The van der Waals surface area contributed by atoms with Gasteiger partial charge < -0.3 is 9.64 Å². The molecule has 1 atom stereocenters. The van der Waals surface area contributed by atoms with Crippen molar-refractivity contribution in [3.8, 4) is 0 Å². The Labute approximate surface area is 80.5 Å². The minimum absolute atomic E-state index is 0.203. The highest BCUT2D eigenvalue weighted by atomic mass is 16.5. The monoisotopic (exact) mass is 188 g/mol. The number of hydrogen-bond donors (Lipinski definition) is 0. The molecule has 0 aliphatic heterocycles. The average Bonchev–Trinajstić information content (AvgIpc) is 2.01. The maximum atomic E-state index is 11.5. The van der Waals surface area contributed by atoms with E-state index in [4.69, 9.17) is 4.74 Å². The van der Waals surface area contributed by atoms with E-state index in [1.54, 1.807) is 0 Å². The standard InChI is InChI=1S/C9H20N2O2/c1-9(11(4)5,7-10(2)3)8(12)13-6/h7H2,1-6H3. The third kappa shape index (κ3) is 2.97. The van der Waals surface area contributed by atoms with Crippen LogP contribution in [0.1, 0.15) is 6.92 Å². The Morgan fingerprint density at radius 1 is 1.31 bits per heavy atom. The molecule has 0 aliphatic carbocycles. The van der Waals surface area contributed by atoms with Crippen LogP contribution in [0.2, 0.25) is 0 Å². The van der Waals surface area contributed by atoms with Gasteiger partial charge in [0.1, 0.15) is 5.54 Å². The van der Waals surface area contributed by atoms with E-state index in [-0.39, 0.29) is 5.97 Å². The van der Waals surface area contributed by atoms with Crippen LogP contribution in [-0.4, -0.2) is 63.2 Å². The van der Waals surface area contributed by atoms with E-state index in [9.17, 15) is 4.79 Å². The Hall–Kier alpha value is -0.610. The first-order valence-electron chi connectivity index (χ1n) is 4.25. The number of methoxy groups -OCH3 is 1. The number of carbonyl (C=O) groups is 1. The minimum Gasteiger partial charge on any atom is -0.468 e. The molecule has 4 heteroatoms. The summed E-state index contributed by atoms with van der Waals surface area (Å²) in [5.41, 5.74) is -0.571. The van der Waals surface area contributed by atoms with Gasteiger partial charge in [-0.3, -0.25) is 9.69 Å². The Kier molecular flexibility index (Phi) is 4.36. The Morgan fingerprint density at radius 3 is 2.00 bits per heavy atom. The molecule has 0 amide bonds. The van der Waals surface area contributed by atoms with Gasteiger partial charge in [0.05, 0.1) is 7.11 Å². The van der Waals surface area contributed by atoms with Gasteiger partial charge in [-0.1, -0.05) is 0 Å². The van der Waals surface area contributed by atoms with Crippen LogP contribution in [0.4, 0.5) is 0 Å². The van der Waals surface area contributed by atoms with Crippen LogP contribution < -0.4 is 0 Å². The van der Waals surface area contributed by atoms with Gasteiger partial charge in [-0.2, -0.15) is 0 Å². The van der Waals surface area contributed by atoms with Gasteiger partial charge in [-0.25, -0.2) is 0 Å². The van der Waals surface area contributed by atoms with Crippen LogP contribution in [-0.2, 0) is 9.53 Å². The van der Waals surface area contributed by atoms with Crippen molar-refractivity contribution in [3.63, 3.8) is 0 Å². The van der Waals surface area contributed by atoms with Crippen LogP contribution in [0.25, 0.3) is 0 Å². The van der Waals surface area contributed by atoms with E-state index < -0.39 is 5.54 Å². The molecule has 0 aromatic heterocycles. The topological polar surface area (TPSA) is 32.8 Å². The lowest BCUT2D eigenvalue weighted by Gasteiger charge is -2.35. The first kappa shape index (κ1) is 12.4. The molecule has 0 aliphatic rings. The molecule has 13 heavy (non-hydrogen) atoms. The average molecular weight is 188 g/mol. The summed E-state index contributed by atoms with van der Waals surface area (Å²) in [5, 5.41) is 0. The summed E-state index contributed by atoms with van der Waals surface area (Å²) < 4.78 is 4.77. The van der Waals surface area contributed by atoms with Crippen molar-refractivity contribution in [2.24, 2.45) is 0 Å². The predicted octanol–water partition coefficient (Wildman–Crippen LogP) is 0.0413. The van der Waals surface area contributed by atoms with Crippen molar-refractivity contribution in [1.82, 2.24) is 9.80 Å². The molecule has 0 bridgehead atoms. The van der Waals surface area contributed by atoms with Crippen LogP contribution >= 0.6 is 0 Å². The molecule has 1 unspecified atom stereocenters. The van der Waals surface area contributed by atoms with E-state index in [1.165, 1.54) is 7.11 Å². The van der Waals surface area contributed by atoms with Crippen molar-refractivity contribution < 1.29 is 9.53 Å². The number of ether oxygens (including phenoxy) is 1. The SMILES string of the molecule is COC(=O)C(C)(CN(C)C)N(C)C.